The molecule has 1 fully saturated rings. The van der Waals surface area contributed by atoms with Crippen LogP contribution in [0.2, 0.25) is 5.02 Å². The lowest BCUT2D eigenvalue weighted by Crippen LogP contribution is -2.05. The Kier molecular flexibility index (Phi) is 6.47. The van der Waals surface area contributed by atoms with Gasteiger partial charge in [-0.05, 0) is 37.1 Å². The number of hydrogen-bond donors (Lipinski definition) is 1. The van der Waals surface area contributed by atoms with Crippen LogP contribution in [0.4, 0.5) is 0 Å². The Morgan fingerprint density at radius 3 is 2.48 bits per heavy atom. The third-order valence-corrected chi connectivity index (χ3v) is 3.75. The van der Waals surface area contributed by atoms with Crippen LogP contribution in [-0.2, 0) is 14.3 Å². The molecule has 0 amide bonds. The molecule has 1 aromatic carbocycles. The standard InChI is InChI=1S/C17H19ClO5/c18-12-6-8-13(9-7-12)22-10-4-2-1-3-5-14(19)16-15(20)11-23-17(16)21/h6-9,19H,1-5,10-11H2/b16-14+. The summed E-state index contributed by atoms with van der Waals surface area (Å²) in [6, 6.07) is 7.21. The van der Waals surface area contributed by atoms with Crippen molar-refractivity contribution < 1.29 is 24.2 Å². The molecule has 0 aromatic heterocycles. The zero-order valence-electron chi connectivity index (χ0n) is 12.7. The van der Waals surface area contributed by atoms with Gasteiger partial charge < -0.3 is 14.6 Å². The highest BCUT2D eigenvalue weighted by Gasteiger charge is 2.31. The van der Waals surface area contributed by atoms with E-state index in [1.165, 1.54) is 0 Å². The van der Waals surface area contributed by atoms with Crippen LogP contribution in [0, 0.1) is 0 Å². The van der Waals surface area contributed by atoms with Crippen molar-refractivity contribution in [3.05, 3.63) is 40.6 Å². The van der Waals surface area contributed by atoms with Crippen molar-refractivity contribution in [1.29, 1.82) is 0 Å². The SMILES string of the molecule is O=C1COC(=O)/C1=C(/O)CCCCCCOc1ccc(Cl)cc1. The minimum absolute atomic E-state index is 0.157. The van der Waals surface area contributed by atoms with Crippen LogP contribution in [0.5, 0.6) is 5.75 Å². The van der Waals surface area contributed by atoms with Gasteiger partial charge in [0.15, 0.2) is 6.61 Å². The number of allylic oxidation sites excluding steroid dienone is 1. The third kappa shape index (κ3) is 5.28. The number of carbonyl (C=O) groups excluding carboxylic acids is 2. The number of carbonyl (C=O) groups is 2. The van der Waals surface area contributed by atoms with E-state index in [9.17, 15) is 14.7 Å². The molecule has 1 aliphatic rings. The Morgan fingerprint density at radius 1 is 1.13 bits per heavy atom. The number of unbranched alkanes of at least 4 members (excludes halogenated alkanes) is 3. The van der Waals surface area contributed by atoms with Gasteiger partial charge in [-0.1, -0.05) is 24.4 Å². The van der Waals surface area contributed by atoms with E-state index >= 15 is 0 Å². The first-order valence-corrected chi connectivity index (χ1v) is 7.96. The average molecular weight is 339 g/mol. The number of Topliss-reactive ketones (excluding diaryl/α,β-unsaturated/α-hetero) is 1. The predicted octanol–water partition coefficient (Wildman–Crippen LogP) is 3.61. The summed E-state index contributed by atoms with van der Waals surface area (Å²) in [6.45, 7) is 0.347. The number of cyclic esters (lactones) is 1. The van der Waals surface area contributed by atoms with Gasteiger partial charge in [-0.15, -0.1) is 0 Å². The van der Waals surface area contributed by atoms with Crippen molar-refractivity contribution in [2.45, 2.75) is 32.1 Å². The number of hydrogen-bond acceptors (Lipinski definition) is 5. The van der Waals surface area contributed by atoms with Gasteiger partial charge in [-0.25, -0.2) is 4.79 Å². The quantitative estimate of drug-likeness (QED) is 0.258. The second kappa shape index (κ2) is 8.58. The first kappa shape index (κ1) is 17.3. The molecule has 0 saturated carbocycles. The van der Waals surface area contributed by atoms with Crippen molar-refractivity contribution in [3.8, 4) is 5.75 Å². The number of aliphatic hydroxyl groups is 1. The molecule has 0 spiro atoms. The molecule has 1 aromatic rings. The highest BCUT2D eigenvalue weighted by Crippen LogP contribution is 2.19. The first-order valence-electron chi connectivity index (χ1n) is 7.58. The molecule has 0 unspecified atom stereocenters. The smallest absolute Gasteiger partial charge is 0.345 e. The molecule has 6 heteroatoms. The summed E-state index contributed by atoms with van der Waals surface area (Å²) >= 11 is 5.79. The Morgan fingerprint density at radius 2 is 1.83 bits per heavy atom. The maximum atomic E-state index is 11.4. The molecule has 5 nitrogen and oxygen atoms in total. The highest BCUT2D eigenvalue weighted by molar-refractivity contribution is 6.30. The molecule has 1 N–H and O–H groups in total. The number of ketones is 1. The second-order valence-electron chi connectivity index (χ2n) is 5.29. The molecule has 0 aliphatic carbocycles. The fourth-order valence-electron chi connectivity index (χ4n) is 2.26. The van der Waals surface area contributed by atoms with Gasteiger partial charge in [-0.3, -0.25) is 4.79 Å². The molecule has 1 aliphatic heterocycles. The van der Waals surface area contributed by atoms with Gasteiger partial charge in [0.05, 0.1) is 6.61 Å². The van der Waals surface area contributed by atoms with Crippen LogP contribution in [0.1, 0.15) is 32.1 Å². The predicted molar refractivity (Wildman–Crippen MR) is 85.7 cm³/mol. The number of esters is 1. The third-order valence-electron chi connectivity index (χ3n) is 3.50. The van der Waals surface area contributed by atoms with E-state index in [1.54, 1.807) is 12.1 Å². The number of rotatable bonds is 8. The lowest BCUT2D eigenvalue weighted by atomic mass is 10.1. The van der Waals surface area contributed by atoms with Crippen molar-refractivity contribution in [3.63, 3.8) is 0 Å². The molecule has 0 atom stereocenters. The van der Waals surface area contributed by atoms with Crippen molar-refractivity contribution >= 4 is 23.4 Å². The van der Waals surface area contributed by atoms with Crippen molar-refractivity contribution in [2.75, 3.05) is 13.2 Å². The van der Waals surface area contributed by atoms with Crippen LogP contribution >= 0.6 is 11.6 Å². The van der Waals surface area contributed by atoms with E-state index in [-0.39, 0.29) is 17.9 Å². The second-order valence-corrected chi connectivity index (χ2v) is 5.72. The van der Waals surface area contributed by atoms with Gasteiger partial charge in [0.2, 0.25) is 5.78 Å². The zero-order valence-corrected chi connectivity index (χ0v) is 13.5. The largest absolute Gasteiger partial charge is 0.511 e. The maximum Gasteiger partial charge on any atom is 0.345 e. The van der Waals surface area contributed by atoms with E-state index in [2.05, 4.69) is 4.74 Å². The molecular formula is C17H19ClO5. The molecule has 0 radical (unpaired) electrons. The van der Waals surface area contributed by atoms with Gasteiger partial charge in [0.25, 0.3) is 0 Å². The fourth-order valence-corrected chi connectivity index (χ4v) is 2.39. The monoisotopic (exact) mass is 338 g/mol. The lowest BCUT2D eigenvalue weighted by Gasteiger charge is -2.06. The zero-order chi connectivity index (χ0) is 16.7. The maximum absolute atomic E-state index is 11.4. The number of benzene rings is 1. The summed E-state index contributed by atoms with van der Waals surface area (Å²) in [5, 5.41) is 10.5. The Labute approximate surface area is 139 Å². The minimum Gasteiger partial charge on any atom is -0.511 e. The molecule has 0 bridgehead atoms. The molecule has 23 heavy (non-hydrogen) atoms. The topological polar surface area (TPSA) is 72.8 Å². The summed E-state index contributed by atoms with van der Waals surface area (Å²) < 4.78 is 10.2. The van der Waals surface area contributed by atoms with E-state index < -0.39 is 11.8 Å². The average Bonchev–Trinajstić information content (AvgIpc) is 2.87. The Bertz CT molecular complexity index is 574. The lowest BCUT2D eigenvalue weighted by molar-refractivity contribution is -0.135. The van der Waals surface area contributed by atoms with Crippen LogP contribution in [-0.4, -0.2) is 30.1 Å². The normalized spacial score (nSPS) is 16.4. The minimum atomic E-state index is -0.719. The summed E-state index contributed by atoms with van der Waals surface area (Å²) in [7, 11) is 0. The summed E-state index contributed by atoms with van der Waals surface area (Å²) in [5.74, 6) is -0.530. The molecular weight excluding hydrogens is 320 g/mol. The van der Waals surface area contributed by atoms with Crippen molar-refractivity contribution in [2.24, 2.45) is 0 Å². The first-order chi connectivity index (χ1) is 11.1. The van der Waals surface area contributed by atoms with Gasteiger partial charge >= 0.3 is 5.97 Å². The van der Waals surface area contributed by atoms with E-state index in [4.69, 9.17) is 16.3 Å². The van der Waals surface area contributed by atoms with Crippen molar-refractivity contribution in [1.82, 2.24) is 0 Å². The molecule has 124 valence electrons. The highest BCUT2D eigenvalue weighted by atomic mass is 35.5. The van der Waals surface area contributed by atoms with Crippen LogP contribution in [0.15, 0.2) is 35.6 Å². The van der Waals surface area contributed by atoms with E-state index in [0.717, 1.165) is 25.0 Å². The summed E-state index contributed by atoms with van der Waals surface area (Å²) in [6.07, 6.45) is 3.73. The Hall–Kier alpha value is -2.01. The number of ether oxygens (including phenoxy) is 2. The van der Waals surface area contributed by atoms with Gasteiger partial charge in [-0.2, -0.15) is 0 Å². The van der Waals surface area contributed by atoms with Crippen LogP contribution in [0.25, 0.3) is 0 Å². The number of aliphatic hydroxyl groups excluding tert-OH is 1. The van der Waals surface area contributed by atoms with Crippen LogP contribution in [0.3, 0.4) is 0 Å². The molecule has 2 rings (SSSR count). The van der Waals surface area contributed by atoms with Gasteiger partial charge in [0.1, 0.15) is 17.1 Å². The summed E-state index contributed by atoms with van der Waals surface area (Å²) in [4.78, 5) is 22.6. The molecule has 1 saturated heterocycles. The molecule has 1 heterocycles. The van der Waals surface area contributed by atoms with E-state index in [0.29, 0.717) is 24.5 Å². The van der Waals surface area contributed by atoms with Crippen LogP contribution < -0.4 is 4.74 Å². The Balaban J connectivity index is 1.59. The van der Waals surface area contributed by atoms with Gasteiger partial charge in [0, 0.05) is 11.4 Å². The summed E-state index contributed by atoms with van der Waals surface area (Å²) in [5.41, 5.74) is -0.184. The fraction of sp³-hybridized carbons (Fsp3) is 0.412. The number of halogens is 1. The van der Waals surface area contributed by atoms with E-state index in [1.807, 2.05) is 12.1 Å².